The molecule has 0 aliphatic heterocycles. The van der Waals surface area contributed by atoms with Crippen molar-refractivity contribution in [2.24, 2.45) is 11.7 Å². The quantitative estimate of drug-likeness (QED) is 0.678. The zero-order valence-electron chi connectivity index (χ0n) is 8.00. The third-order valence-electron chi connectivity index (χ3n) is 2.87. The van der Waals surface area contributed by atoms with Crippen LogP contribution in [0.1, 0.15) is 45.4 Å². The lowest BCUT2D eigenvalue weighted by Crippen LogP contribution is -2.34. The Hall–Kier alpha value is -0.0800. The smallest absolute Gasteiger partial charge is 0.0527 e. The van der Waals surface area contributed by atoms with E-state index in [1.54, 1.807) is 0 Å². The largest absolute Gasteiger partial charge is 0.393 e. The Labute approximate surface area is 75.2 Å². The van der Waals surface area contributed by atoms with Crippen LogP contribution in [0, 0.1) is 5.92 Å². The molecule has 1 aliphatic carbocycles. The van der Waals surface area contributed by atoms with Gasteiger partial charge in [-0.1, -0.05) is 19.3 Å². The number of aliphatic hydroxyl groups excluding tert-OH is 1. The summed E-state index contributed by atoms with van der Waals surface area (Å²) in [7, 11) is 0. The Morgan fingerprint density at radius 2 is 1.92 bits per heavy atom. The van der Waals surface area contributed by atoms with E-state index in [0.29, 0.717) is 5.92 Å². The molecule has 0 saturated heterocycles. The average Bonchev–Trinajstić information content (AvgIpc) is 2.05. The number of hydrogen-bond donors (Lipinski definition) is 2. The van der Waals surface area contributed by atoms with Gasteiger partial charge in [-0.2, -0.15) is 0 Å². The highest BCUT2D eigenvalue weighted by atomic mass is 16.3. The topological polar surface area (TPSA) is 46.2 Å². The SMILES string of the molecule is C[C@@H](O)C[C@@H](N)C1CCCCC1. The minimum absolute atomic E-state index is 0.227. The highest BCUT2D eigenvalue weighted by Gasteiger charge is 2.21. The van der Waals surface area contributed by atoms with Crippen molar-refractivity contribution >= 4 is 0 Å². The molecule has 0 spiro atoms. The van der Waals surface area contributed by atoms with Gasteiger partial charge in [0.15, 0.2) is 0 Å². The normalized spacial score (nSPS) is 25.2. The van der Waals surface area contributed by atoms with Crippen LogP contribution in [0.15, 0.2) is 0 Å². The van der Waals surface area contributed by atoms with Gasteiger partial charge < -0.3 is 10.8 Å². The number of rotatable bonds is 3. The van der Waals surface area contributed by atoms with Crippen LogP contribution in [0.5, 0.6) is 0 Å². The van der Waals surface area contributed by atoms with Crippen LogP contribution in [0.4, 0.5) is 0 Å². The van der Waals surface area contributed by atoms with Gasteiger partial charge in [-0.3, -0.25) is 0 Å². The van der Waals surface area contributed by atoms with Crippen molar-refractivity contribution in [1.29, 1.82) is 0 Å². The molecule has 12 heavy (non-hydrogen) atoms. The second-order valence-electron chi connectivity index (χ2n) is 4.15. The lowest BCUT2D eigenvalue weighted by atomic mass is 9.82. The minimum Gasteiger partial charge on any atom is -0.393 e. The summed E-state index contributed by atoms with van der Waals surface area (Å²) in [4.78, 5) is 0. The van der Waals surface area contributed by atoms with E-state index in [1.807, 2.05) is 6.92 Å². The average molecular weight is 171 g/mol. The first-order chi connectivity index (χ1) is 5.70. The second kappa shape index (κ2) is 4.83. The van der Waals surface area contributed by atoms with E-state index in [0.717, 1.165) is 6.42 Å². The van der Waals surface area contributed by atoms with Gasteiger partial charge in [0, 0.05) is 6.04 Å². The molecule has 1 fully saturated rings. The summed E-state index contributed by atoms with van der Waals surface area (Å²) in [5, 5.41) is 9.17. The first kappa shape index (κ1) is 10.0. The molecule has 0 radical (unpaired) electrons. The molecule has 0 aromatic carbocycles. The number of nitrogens with two attached hydrogens (primary N) is 1. The first-order valence-electron chi connectivity index (χ1n) is 5.14. The van der Waals surface area contributed by atoms with E-state index in [2.05, 4.69) is 0 Å². The van der Waals surface area contributed by atoms with Gasteiger partial charge in [0.05, 0.1) is 6.10 Å². The van der Waals surface area contributed by atoms with Crippen molar-refractivity contribution in [2.75, 3.05) is 0 Å². The Morgan fingerprint density at radius 1 is 1.33 bits per heavy atom. The van der Waals surface area contributed by atoms with E-state index in [-0.39, 0.29) is 12.1 Å². The van der Waals surface area contributed by atoms with Crippen LogP contribution in [-0.2, 0) is 0 Å². The van der Waals surface area contributed by atoms with Crippen molar-refractivity contribution in [3.05, 3.63) is 0 Å². The molecular formula is C10H21NO. The summed E-state index contributed by atoms with van der Waals surface area (Å²) < 4.78 is 0. The molecular weight excluding hydrogens is 150 g/mol. The molecule has 0 unspecified atom stereocenters. The number of aliphatic hydroxyl groups is 1. The lowest BCUT2D eigenvalue weighted by molar-refractivity contribution is 0.154. The molecule has 0 aromatic rings. The van der Waals surface area contributed by atoms with Gasteiger partial charge in [0.25, 0.3) is 0 Å². The third-order valence-corrected chi connectivity index (χ3v) is 2.87. The zero-order chi connectivity index (χ0) is 8.97. The van der Waals surface area contributed by atoms with Gasteiger partial charge in [-0.25, -0.2) is 0 Å². The highest BCUT2D eigenvalue weighted by molar-refractivity contribution is 4.77. The van der Waals surface area contributed by atoms with Crippen molar-refractivity contribution < 1.29 is 5.11 Å². The molecule has 1 saturated carbocycles. The summed E-state index contributed by atoms with van der Waals surface area (Å²) in [6, 6.07) is 0.227. The van der Waals surface area contributed by atoms with Gasteiger partial charge in [-0.15, -0.1) is 0 Å². The number of hydrogen-bond acceptors (Lipinski definition) is 2. The van der Waals surface area contributed by atoms with Gasteiger partial charge in [0.2, 0.25) is 0 Å². The molecule has 1 aliphatic rings. The van der Waals surface area contributed by atoms with Crippen LogP contribution in [0.3, 0.4) is 0 Å². The van der Waals surface area contributed by atoms with E-state index in [4.69, 9.17) is 5.73 Å². The summed E-state index contributed by atoms with van der Waals surface area (Å²) >= 11 is 0. The molecule has 1 rings (SSSR count). The fourth-order valence-corrected chi connectivity index (χ4v) is 2.15. The first-order valence-corrected chi connectivity index (χ1v) is 5.14. The Bertz CT molecular complexity index is 119. The summed E-state index contributed by atoms with van der Waals surface area (Å²) in [5.74, 6) is 0.674. The predicted octanol–water partition coefficient (Wildman–Crippen LogP) is 1.66. The van der Waals surface area contributed by atoms with E-state index >= 15 is 0 Å². The van der Waals surface area contributed by atoms with Gasteiger partial charge >= 0.3 is 0 Å². The third kappa shape index (κ3) is 3.11. The van der Waals surface area contributed by atoms with Crippen molar-refractivity contribution in [3.8, 4) is 0 Å². The van der Waals surface area contributed by atoms with E-state index in [1.165, 1.54) is 32.1 Å². The minimum atomic E-state index is -0.234. The van der Waals surface area contributed by atoms with Crippen LogP contribution >= 0.6 is 0 Å². The van der Waals surface area contributed by atoms with Gasteiger partial charge in [0.1, 0.15) is 0 Å². The Balaban J connectivity index is 2.24. The van der Waals surface area contributed by atoms with E-state index in [9.17, 15) is 5.11 Å². The van der Waals surface area contributed by atoms with Crippen LogP contribution in [0.2, 0.25) is 0 Å². The molecule has 0 heterocycles. The fourth-order valence-electron chi connectivity index (χ4n) is 2.15. The van der Waals surface area contributed by atoms with Crippen molar-refractivity contribution in [2.45, 2.75) is 57.6 Å². The van der Waals surface area contributed by atoms with Crippen LogP contribution in [-0.4, -0.2) is 17.3 Å². The van der Waals surface area contributed by atoms with Crippen LogP contribution in [0.25, 0.3) is 0 Å². The molecule has 3 N–H and O–H groups in total. The summed E-state index contributed by atoms with van der Waals surface area (Å²) in [6.45, 7) is 1.82. The molecule has 2 heteroatoms. The summed E-state index contributed by atoms with van der Waals surface area (Å²) in [6.07, 6.45) is 7.11. The monoisotopic (exact) mass is 171 g/mol. The fraction of sp³-hybridized carbons (Fsp3) is 1.00. The maximum Gasteiger partial charge on any atom is 0.0527 e. The molecule has 2 atom stereocenters. The Kier molecular flexibility index (Phi) is 4.02. The molecule has 72 valence electrons. The molecule has 0 amide bonds. The van der Waals surface area contributed by atoms with Crippen molar-refractivity contribution in [1.82, 2.24) is 0 Å². The molecule has 0 bridgehead atoms. The molecule has 2 nitrogen and oxygen atoms in total. The summed E-state index contributed by atoms with van der Waals surface area (Å²) in [5.41, 5.74) is 5.99. The Morgan fingerprint density at radius 3 is 2.42 bits per heavy atom. The maximum atomic E-state index is 9.17. The maximum absolute atomic E-state index is 9.17. The second-order valence-corrected chi connectivity index (χ2v) is 4.15. The zero-order valence-corrected chi connectivity index (χ0v) is 8.00. The standard InChI is InChI=1S/C10H21NO/c1-8(12)7-10(11)9-5-3-2-4-6-9/h8-10,12H,2-7,11H2,1H3/t8-,10-/m1/s1. The highest BCUT2D eigenvalue weighted by Crippen LogP contribution is 2.27. The lowest BCUT2D eigenvalue weighted by Gasteiger charge is -2.28. The molecule has 0 aromatic heterocycles. The predicted molar refractivity (Wildman–Crippen MR) is 50.8 cm³/mol. The van der Waals surface area contributed by atoms with Crippen molar-refractivity contribution in [3.63, 3.8) is 0 Å². The van der Waals surface area contributed by atoms with Gasteiger partial charge in [-0.05, 0) is 32.1 Å². The van der Waals surface area contributed by atoms with Crippen LogP contribution < -0.4 is 5.73 Å². The van der Waals surface area contributed by atoms with E-state index < -0.39 is 0 Å².